The molecule has 0 saturated carbocycles. The molecule has 0 heterocycles. The molecule has 16 heavy (non-hydrogen) atoms. The van der Waals surface area contributed by atoms with E-state index in [1.807, 2.05) is 0 Å². The van der Waals surface area contributed by atoms with E-state index in [4.69, 9.17) is 4.43 Å². The van der Waals surface area contributed by atoms with Crippen LogP contribution in [0.2, 0.25) is 33.0 Å². The third-order valence-corrected chi connectivity index (χ3v) is 15.0. The summed E-state index contributed by atoms with van der Waals surface area (Å²) in [6.45, 7) is 16.6. The topological polar surface area (TPSA) is 9.23 Å². The molecule has 0 unspecified atom stereocenters. The quantitative estimate of drug-likeness (QED) is 0.646. The van der Waals surface area contributed by atoms with Crippen LogP contribution in [0, 0.1) is 0 Å². The zero-order valence-electron chi connectivity index (χ0n) is 12.5. The summed E-state index contributed by atoms with van der Waals surface area (Å²) < 4.78 is 7.66. The van der Waals surface area contributed by atoms with Crippen LogP contribution < -0.4 is 0 Å². The van der Waals surface area contributed by atoms with Crippen LogP contribution in [0.1, 0.15) is 27.2 Å². The van der Waals surface area contributed by atoms with E-state index >= 15 is 0 Å². The van der Waals surface area contributed by atoms with Gasteiger partial charge in [0.25, 0.3) is 0 Å². The van der Waals surface area contributed by atoms with Crippen molar-refractivity contribution in [3.05, 3.63) is 10.2 Å². The van der Waals surface area contributed by atoms with Gasteiger partial charge in [0.15, 0.2) is 0 Å². The molecule has 0 bridgehead atoms. The minimum atomic E-state index is -1.86. The Balaban J connectivity index is 4.15. The standard InChI is InChI=1S/C10H21OSi.3CH3.Sn/c1-7-8-9-11-12(5,6)10(2,3)4;;;;/h1,8-9H2,2-6H3;3*1H3;. The van der Waals surface area contributed by atoms with Crippen molar-refractivity contribution in [1.29, 1.82) is 0 Å². The van der Waals surface area contributed by atoms with Gasteiger partial charge in [0.05, 0.1) is 0 Å². The fourth-order valence-corrected chi connectivity index (χ4v) is 4.50. The molecule has 0 N–H and O–H groups in total. The molecule has 0 aromatic carbocycles. The van der Waals surface area contributed by atoms with E-state index in [9.17, 15) is 0 Å². The van der Waals surface area contributed by atoms with Gasteiger partial charge in [0.2, 0.25) is 0 Å². The average Bonchev–Trinajstić information content (AvgIpc) is 1.99. The number of hydrogen-bond donors (Lipinski definition) is 0. The molecule has 0 radical (unpaired) electrons. The normalized spacial score (nSPS) is 14.0. The summed E-state index contributed by atoms with van der Waals surface area (Å²) >= 11 is -1.86. The van der Waals surface area contributed by atoms with Gasteiger partial charge >= 0.3 is 108 Å². The maximum absolute atomic E-state index is 6.17. The Bertz CT molecular complexity index is 246. The van der Waals surface area contributed by atoms with Crippen LogP contribution in [-0.2, 0) is 4.43 Å². The minimum absolute atomic E-state index is 0.319. The molecule has 0 spiro atoms. The predicted molar refractivity (Wildman–Crippen MR) is 80.3 cm³/mol. The zero-order chi connectivity index (χ0) is 13.2. The molecular formula is C13H30OSiSn. The van der Waals surface area contributed by atoms with Crippen molar-refractivity contribution >= 4 is 26.7 Å². The van der Waals surface area contributed by atoms with Crippen LogP contribution in [0.15, 0.2) is 10.2 Å². The molecular weight excluding hydrogens is 319 g/mol. The SMILES string of the molecule is C=[C](CCO[Si](C)(C)C(C)(C)C)[Sn]([CH3])([CH3])[CH3]. The van der Waals surface area contributed by atoms with Gasteiger partial charge < -0.3 is 0 Å². The molecule has 0 atom stereocenters. The predicted octanol–water partition coefficient (Wildman–Crippen LogP) is 4.83. The fraction of sp³-hybridized carbons (Fsp3) is 0.846. The second kappa shape index (κ2) is 5.57. The summed E-state index contributed by atoms with van der Waals surface area (Å²) in [7, 11) is -1.55. The molecule has 1 nitrogen and oxygen atoms in total. The molecule has 96 valence electrons. The second-order valence-electron chi connectivity index (χ2n) is 7.21. The molecule has 0 aliphatic carbocycles. The van der Waals surface area contributed by atoms with Gasteiger partial charge in [-0.1, -0.05) is 0 Å². The molecule has 0 aromatic heterocycles. The van der Waals surface area contributed by atoms with Crippen LogP contribution in [-0.4, -0.2) is 33.3 Å². The van der Waals surface area contributed by atoms with E-state index in [1.165, 1.54) is 3.59 Å². The van der Waals surface area contributed by atoms with E-state index in [1.54, 1.807) is 0 Å². The molecule has 0 aliphatic heterocycles. The van der Waals surface area contributed by atoms with Crippen molar-refractivity contribution in [3.8, 4) is 0 Å². The Morgan fingerprint density at radius 1 is 1.19 bits per heavy atom. The van der Waals surface area contributed by atoms with Crippen LogP contribution in [0.4, 0.5) is 0 Å². The molecule has 0 fully saturated rings. The van der Waals surface area contributed by atoms with Crippen molar-refractivity contribution in [3.63, 3.8) is 0 Å². The molecule has 0 aliphatic rings. The summed E-state index contributed by atoms with van der Waals surface area (Å²) in [5.74, 6) is 0. The van der Waals surface area contributed by atoms with E-state index in [2.05, 4.69) is 55.3 Å². The van der Waals surface area contributed by atoms with Gasteiger partial charge in [0, 0.05) is 0 Å². The van der Waals surface area contributed by atoms with Gasteiger partial charge in [-0.3, -0.25) is 0 Å². The number of rotatable bonds is 5. The summed E-state index contributed by atoms with van der Waals surface area (Å²) in [4.78, 5) is 7.26. The summed E-state index contributed by atoms with van der Waals surface area (Å²) in [6, 6.07) is 0. The van der Waals surface area contributed by atoms with Gasteiger partial charge in [-0.15, -0.1) is 0 Å². The van der Waals surface area contributed by atoms with Crippen LogP contribution in [0.25, 0.3) is 0 Å². The van der Waals surface area contributed by atoms with E-state index in [0.29, 0.717) is 5.04 Å². The Morgan fingerprint density at radius 2 is 1.62 bits per heavy atom. The van der Waals surface area contributed by atoms with Crippen molar-refractivity contribution in [1.82, 2.24) is 0 Å². The Morgan fingerprint density at radius 3 is 1.94 bits per heavy atom. The number of hydrogen-bond acceptors (Lipinski definition) is 1. The summed E-state index contributed by atoms with van der Waals surface area (Å²) in [6.07, 6.45) is 1.08. The zero-order valence-corrected chi connectivity index (χ0v) is 16.4. The monoisotopic (exact) mass is 350 g/mol. The molecule has 3 heteroatoms. The van der Waals surface area contributed by atoms with Crippen molar-refractivity contribution in [2.24, 2.45) is 0 Å². The first-order valence-corrected chi connectivity index (χ1v) is 19.1. The Labute approximate surface area is 108 Å². The molecule has 0 aromatic rings. The maximum atomic E-state index is 6.17. The average molecular weight is 349 g/mol. The van der Waals surface area contributed by atoms with E-state index in [-0.39, 0.29) is 0 Å². The molecule has 0 rings (SSSR count). The Hall–Kier alpha value is 0.716. The second-order valence-corrected chi connectivity index (χ2v) is 26.9. The van der Waals surface area contributed by atoms with E-state index < -0.39 is 26.7 Å². The van der Waals surface area contributed by atoms with Gasteiger partial charge in [0.1, 0.15) is 0 Å². The summed E-state index contributed by atoms with van der Waals surface area (Å²) in [5, 5.41) is 0.319. The molecule has 0 saturated heterocycles. The van der Waals surface area contributed by atoms with Gasteiger partial charge in [-0.05, 0) is 0 Å². The fourth-order valence-electron chi connectivity index (χ4n) is 1.02. The van der Waals surface area contributed by atoms with Crippen molar-refractivity contribution in [2.75, 3.05) is 6.61 Å². The van der Waals surface area contributed by atoms with Crippen molar-refractivity contribution in [2.45, 2.75) is 60.1 Å². The van der Waals surface area contributed by atoms with Gasteiger partial charge in [-0.2, -0.15) is 0 Å². The third kappa shape index (κ3) is 5.36. The van der Waals surface area contributed by atoms with Crippen LogP contribution >= 0.6 is 0 Å². The van der Waals surface area contributed by atoms with Crippen LogP contribution in [0.3, 0.4) is 0 Å². The first-order valence-electron chi connectivity index (χ1n) is 6.20. The summed E-state index contributed by atoms with van der Waals surface area (Å²) in [5.41, 5.74) is 0. The molecule has 0 amide bonds. The van der Waals surface area contributed by atoms with Crippen LogP contribution in [0.5, 0.6) is 0 Å². The third-order valence-electron chi connectivity index (χ3n) is 3.73. The Kier molecular flexibility index (Phi) is 5.82. The van der Waals surface area contributed by atoms with Gasteiger partial charge in [-0.25, -0.2) is 0 Å². The first kappa shape index (κ1) is 16.7. The van der Waals surface area contributed by atoms with E-state index in [0.717, 1.165) is 13.0 Å². The van der Waals surface area contributed by atoms with Crippen molar-refractivity contribution < 1.29 is 4.43 Å². The first-order chi connectivity index (χ1) is 6.88.